The summed E-state index contributed by atoms with van der Waals surface area (Å²) in [4.78, 5) is 17.8. The third kappa shape index (κ3) is 3.95. The molecule has 25 heavy (non-hydrogen) atoms. The molecule has 0 aliphatic carbocycles. The molecule has 2 heterocycles. The second kappa shape index (κ2) is 7.48. The van der Waals surface area contributed by atoms with Gasteiger partial charge in [-0.3, -0.25) is 15.0 Å². The molecular formula is C18H19N5O2. The maximum atomic E-state index is 12.3. The van der Waals surface area contributed by atoms with Crippen molar-refractivity contribution in [3.63, 3.8) is 0 Å². The van der Waals surface area contributed by atoms with E-state index in [0.717, 1.165) is 22.6 Å². The van der Waals surface area contributed by atoms with Gasteiger partial charge in [-0.25, -0.2) is 4.79 Å². The Kier molecular flexibility index (Phi) is 4.94. The highest BCUT2D eigenvalue weighted by molar-refractivity contribution is 5.90. The van der Waals surface area contributed by atoms with E-state index in [1.54, 1.807) is 26.6 Å². The molecule has 0 unspecified atom stereocenters. The maximum Gasteiger partial charge on any atom is 0.323 e. The number of nitrogens with one attached hydrogen (secondary N) is 2. The van der Waals surface area contributed by atoms with Crippen LogP contribution >= 0.6 is 0 Å². The molecule has 0 aliphatic rings. The quantitative estimate of drug-likeness (QED) is 0.750. The van der Waals surface area contributed by atoms with E-state index in [2.05, 4.69) is 20.5 Å². The van der Waals surface area contributed by atoms with E-state index in [-0.39, 0.29) is 6.03 Å². The number of aromatic nitrogens is 3. The van der Waals surface area contributed by atoms with E-state index in [0.29, 0.717) is 12.4 Å². The van der Waals surface area contributed by atoms with Crippen molar-refractivity contribution < 1.29 is 9.53 Å². The van der Waals surface area contributed by atoms with Gasteiger partial charge in [0.15, 0.2) is 5.82 Å². The van der Waals surface area contributed by atoms with Gasteiger partial charge in [-0.05, 0) is 29.8 Å². The first kappa shape index (κ1) is 16.5. The summed E-state index contributed by atoms with van der Waals surface area (Å²) in [5.74, 6) is 1.30. The topological polar surface area (TPSA) is 83.1 Å². The van der Waals surface area contributed by atoms with Gasteiger partial charge < -0.3 is 10.1 Å². The van der Waals surface area contributed by atoms with Crippen LogP contribution in [-0.4, -0.2) is 35.4 Å². The van der Waals surface area contributed by atoms with Crippen LogP contribution in [0.2, 0.25) is 0 Å². The van der Waals surface area contributed by atoms with Gasteiger partial charge >= 0.3 is 6.03 Å². The molecule has 2 aromatic heterocycles. The fraction of sp³-hybridized carbons (Fsp3) is 0.167. The monoisotopic (exact) mass is 337 g/mol. The zero-order valence-corrected chi connectivity index (χ0v) is 14.1. The third-order valence-corrected chi connectivity index (χ3v) is 3.78. The summed E-state index contributed by atoms with van der Waals surface area (Å²) in [5, 5.41) is 9.99. The zero-order chi connectivity index (χ0) is 17.6. The van der Waals surface area contributed by atoms with Crippen LogP contribution < -0.4 is 15.0 Å². The van der Waals surface area contributed by atoms with E-state index in [1.807, 2.05) is 42.5 Å². The van der Waals surface area contributed by atoms with Gasteiger partial charge in [0.25, 0.3) is 0 Å². The van der Waals surface area contributed by atoms with E-state index in [1.165, 1.54) is 4.90 Å². The number of carbonyl (C=O) groups is 1. The molecule has 7 heteroatoms. The van der Waals surface area contributed by atoms with E-state index in [4.69, 9.17) is 4.74 Å². The van der Waals surface area contributed by atoms with Crippen molar-refractivity contribution >= 4 is 11.8 Å². The Labute approximate surface area is 145 Å². The molecule has 0 atom stereocenters. The third-order valence-electron chi connectivity index (χ3n) is 3.78. The number of hydrogen-bond acceptors (Lipinski definition) is 4. The smallest absolute Gasteiger partial charge is 0.323 e. The molecule has 1 aromatic carbocycles. The first-order valence-electron chi connectivity index (χ1n) is 7.77. The Hall–Kier alpha value is -3.35. The van der Waals surface area contributed by atoms with Gasteiger partial charge in [0.2, 0.25) is 0 Å². The lowest BCUT2D eigenvalue weighted by Gasteiger charge is -2.15. The highest BCUT2D eigenvalue weighted by Crippen LogP contribution is 2.20. The molecule has 0 fully saturated rings. The summed E-state index contributed by atoms with van der Waals surface area (Å²) >= 11 is 0. The summed E-state index contributed by atoms with van der Waals surface area (Å²) in [6, 6.07) is 12.9. The second-order valence-electron chi connectivity index (χ2n) is 5.44. The standard InChI is InChI=1S/C18H19N5O2/c1-23(17-11-16(21-22-17)14-6-8-19-9-7-14)18(24)20-12-13-4-3-5-15(10-13)25-2/h3-11H,12H2,1-2H3,(H,20,24)(H,21,22). The molecule has 2 amide bonds. The van der Waals surface area contributed by atoms with Crippen LogP contribution in [-0.2, 0) is 6.54 Å². The van der Waals surface area contributed by atoms with Crippen LogP contribution in [0.3, 0.4) is 0 Å². The van der Waals surface area contributed by atoms with Gasteiger partial charge in [-0.1, -0.05) is 12.1 Å². The highest BCUT2D eigenvalue weighted by atomic mass is 16.5. The molecule has 0 aliphatic heterocycles. The van der Waals surface area contributed by atoms with Gasteiger partial charge in [-0.15, -0.1) is 0 Å². The number of rotatable bonds is 5. The first-order chi connectivity index (χ1) is 12.2. The van der Waals surface area contributed by atoms with Crippen LogP contribution in [0, 0.1) is 0 Å². The number of benzene rings is 1. The summed E-state index contributed by atoms with van der Waals surface area (Å²) in [5.41, 5.74) is 2.74. The number of aromatic amines is 1. The predicted octanol–water partition coefficient (Wildman–Crippen LogP) is 2.83. The lowest BCUT2D eigenvalue weighted by molar-refractivity contribution is 0.247. The minimum atomic E-state index is -0.240. The van der Waals surface area contributed by atoms with E-state index in [9.17, 15) is 4.79 Å². The number of methoxy groups -OCH3 is 1. The van der Waals surface area contributed by atoms with Crippen molar-refractivity contribution in [1.82, 2.24) is 20.5 Å². The minimum Gasteiger partial charge on any atom is -0.497 e. The Bertz CT molecular complexity index is 847. The molecular weight excluding hydrogens is 318 g/mol. The largest absolute Gasteiger partial charge is 0.497 e. The fourth-order valence-electron chi connectivity index (χ4n) is 2.35. The number of hydrogen-bond donors (Lipinski definition) is 2. The number of amides is 2. The summed E-state index contributed by atoms with van der Waals surface area (Å²) in [6.07, 6.45) is 3.42. The molecule has 3 rings (SSSR count). The molecule has 2 N–H and O–H groups in total. The number of H-pyrrole nitrogens is 1. The molecule has 0 radical (unpaired) electrons. The normalized spacial score (nSPS) is 10.3. The molecule has 0 spiro atoms. The Morgan fingerprint density at radius 2 is 2.04 bits per heavy atom. The highest BCUT2D eigenvalue weighted by Gasteiger charge is 2.14. The summed E-state index contributed by atoms with van der Waals surface area (Å²) in [6.45, 7) is 0.405. The zero-order valence-electron chi connectivity index (χ0n) is 14.1. The van der Waals surface area contributed by atoms with Crippen LogP contribution in [0.25, 0.3) is 11.3 Å². The average molecular weight is 337 g/mol. The molecule has 0 bridgehead atoms. The average Bonchev–Trinajstić information content (AvgIpc) is 3.16. The number of nitrogens with zero attached hydrogens (tertiary/aromatic N) is 3. The number of anilines is 1. The first-order valence-corrected chi connectivity index (χ1v) is 7.77. The van der Waals surface area contributed by atoms with Crippen molar-refractivity contribution in [3.05, 3.63) is 60.4 Å². The lowest BCUT2D eigenvalue weighted by Crippen LogP contribution is -2.37. The van der Waals surface area contributed by atoms with Gasteiger partial charge in [0.1, 0.15) is 5.75 Å². The SMILES string of the molecule is COc1cccc(CNC(=O)N(C)c2cc(-c3ccncc3)[nH]n2)c1. The number of carbonyl (C=O) groups excluding carboxylic acids is 1. The summed E-state index contributed by atoms with van der Waals surface area (Å²) in [7, 11) is 3.29. The van der Waals surface area contributed by atoms with E-state index < -0.39 is 0 Å². The fourth-order valence-corrected chi connectivity index (χ4v) is 2.35. The van der Waals surface area contributed by atoms with Crippen LogP contribution in [0.15, 0.2) is 54.9 Å². The minimum absolute atomic E-state index is 0.240. The predicted molar refractivity (Wildman–Crippen MR) is 95.5 cm³/mol. The number of ether oxygens (including phenoxy) is 1. The van der Waals surface area contributed by atoms with Crippen molar-refractivity contribution in [1.29, 1.82) is 0 Å². The Morgan fingerprint density at radius 1 is 1.24 bits per heavy atom. The van der Waals surface area contributed by atoms with Crippen molar-refractivity contribution in [2.75, 3.05) is 19.1 Å². The Morgan fingerprint density at radius 3 is 2.80 bits per heavy atom. The Balaban J connectivity index is 1.63. The van der Waals surface area contributed by atoms with Crippen LogP contribution in [0.4, 0.5) is 10.6 Å². The number of urea groups is 1. The van der Waals surface area contributed by atoms with Crippen molar-refractivity contribution in [3.8, 4) is 17.0 Å². The van der Waals surface area contributed by atoms with E-state index >= 15 is 0 Å². The van der Waals surface area contributed by atoms with Crippen molar-refractivity contribution in [2.45, 2.75) is 6.54 Å². The van der Waals surface area contributed by atoms with Gasteiger partial charge in [0, 0.05) is 37.6 Å². The maximum absolute atomic E-state index is 12.3. The molecule has 0 saturated carbocycles. The van der Waals surface area contributed by atoms with Crippen molar-refractivity contribution in [2.24, 2.45) is 0 Å². The lowest BCUT2D eigenvalue weighted by atomic mass is 10.2. The second-order valence-corrected chi connectivity index (χ2v) is 5.44. The van der Waals surface area contributed by atoms with Gasteiger partial charge in [-0.2, -0.15) is 5.10 Å². The molecule has 3 aromatic rings. The van der Waals surface area contributed by atoms with Crippen LogP contribution in [0.1, 0.15) is 5.56 Å². The number of pyridine rings is 1. The molecule has 0 saturated heterocycles. The molecule has 128 valence electrons. The van der Waals surface area contributed by atoms with Gasteiger partial charge in [0.05, 0.1) is 12.8 Å². The molecule has 7 nitrogen and oxygen atoms in total. The van der Waals surface area contributed by atoms with Crippen LogP contribution in [0.5, 0.6) is 5.75 Å². The summed E-state index contributed by atoms with van der Waals surface area (Å²) < 4.78 is 5.18.